The summed E-state index contributed by atoms with van der Waals surface area (Å²) in [5.41, 5.74) is 1.01. The van der Waals surface area contributed by atoms with Gasteiger partial charge in [-0.15, -0.1) is 0 Å². The number of amides is 1. The lowest BCUT2D eigenvalue weighted by Crippen LogP contribution is -2.34. The quantitative estimate of drug-likeness (QED) is 0.628. The third-order valence-corrected chi connectivity index (χ3v) is 3.62. The summed E-state index contributed by atoms with van der Waals surface area (Å²) >= 11 is 0. The molecule has 0 N–H and O–H groups in total. The van der Waals surface area contributed by atoms with Gasteiger partial charge in [0.2, 0.25) is 5.91 Å². The molecule has 1 aromatic carbocycles. The van der Waals surface area contributed by atoms with Crippen molar-refractivity contribution in [2.45, 2.75) is 19.3 Å². The van der Waals surface area contributed by atoms with Crippen LogP contribution in [0.2, 0.25) is 0 Å². The Kier molecular flexibility index (Phi) is 4.56. The average molecular weight is 273 g/mol. The van der Waals surface area contributed by atoms with E-state index in [2.05, 4.69) is 6.08 Å². The molecule has 106 valence electrons. The van der Waals surface area contributed by atoms with Gasteiger partial charge in [-0.1, -0.05) is 24.3 Å². The fraction of sp³-hybridized carbons (Fsp3) is 0.375. The van der Waals surface area contributed by atoms with Crippen molar-refractivity contribution in [2.75, 3.05) is 19.1 Å². The number of carbonyl (C=O) groups is 2. The fourth-order valence-corrected chi connectivity index (χ4v) is 2.46. The minimum atomic E-state index is -0.427. The summed E-state index contributed by atoms with van der Waals surface area (Å²) in [4.78, 5) is 25.8. The second-order valence-electron chi connectivity index (χ2n) is 4.89. The first-order valence-electron chi connectivity index (χ1n) is 6.75. The molecule has 0 aromatic heterocycles. The van der Waals surface area contributed by atoms with Crippen molar-refractivity contribution in [2.24, 2.45) is 5.92 Å². The molecule has 0 bridgehead atoms. The first-order chi connectivity index (χ1) is 9.65. The number of methoxy groups -OCH3 is 1. The molecule has 20 heavy (non-hydrogen) atoms. The molecule has 1 unspecified atom stereocenters. The zero-order valence-corrected chi connectivity index (χ0v) is 11.8. The van der Waals surface area contributed by atoms with Crippen molar-refractivity contribution in [1.29, 1.82) is 0 Å². The number of rotatable bonds is 3. The van der Waals surface area contributed by atoms with Crippen LogP contribution in [0.15, 0.2) is 36.4 Å². The lowest BCUT2D eigenvalue weighted by molar-refractivity contribution is -0.122. The van der Waals surface area contributed by atoms with Crippen LogP contribution in [0.1, 0.15) is 29.6 Å². The molecule has 1 amide bonds. The van der Waals surface area contributed by atoms with Crippen molar-refractivity contribution < 1.29 is 14.3 Å². The highest BCUT2D eigenvalue weighted by Crippen LogP contribution is 2.26. The minimum Gasteiger partial charge on any atom is -0.465 e. The second-order valence-corrected chi connectivity index (χ2v) is 4.89. The van der Waals surface area contributed by atoms with Gasteiger partial charge in [0.25, 0.3) is 0 Å². The summed E-state index contributed by atoms with van der Waals surface area (Å²) in [7, 11) is 3.05. The van der Waals surface area contributed by atoms with Crippen LogP contribution in [-0.4, -0.2) is 26.0 Å². The van der Waals surface area contributed by atoms with Crippen LogP contribution in [0.4, 0.5) is 5.69 Å². The van der Waals surface area contributed by atoms with E-state index in [1.165, 1.54) is 7.11 Å². The van der Waals surface area contributed by atoms with Crippen molar-refractivity contribution in [3.8, 4) is 0 Å². The molecule has 0 fully saturated rings. The number of benzene rings is 1. The van der Waals surface area contributed by atoms with Gasteiger partial charge in [-0.25, -0.2) is 4.79 Å². The zero-order chi connectivity index (χ0) is 14.5. The number of nitrogens with zero attached hydrogens (tertiary/aromatic N) is 1. The highest BCUT2D eigenvalue weighted by molar-refractivity contribution is 6.03. The second kappa shape index (κ2) is 6.37. The van der Waals surface area contributed by atoms with Crippen LogP contribution in [0.25, 0.3) is 0 Å². The van der Waals surface area contributed by atoms with E-state index in [1.54, 1.807) is 30.1 Å². The number of hydrogen-bond donors (Lipinski definition) is 0. The van der Waals surface area contributed by atoms with Crippen LogP contribution in [0, 0.1) is 5.92 Å². The van der Waals surface area contributed by atoms with Gasteiger partial charge in [-0.2, -0.15) is 0 Å². The highest BCUT2D eigenvalue weighted by atomic mass is 16.5. The van der Waals surface area contributed by atoms with E-state index in [-0.39, 0.29) is 11.8 Å². The van der Waals surface area contributed by atoms with E-state index in [4.69, 9.17) is 4.74 Å². The Morgan fingerprint density at radius 3 is 2.65 bits per heavy atom. The Morgan fingerprint density at radius 1 is 1.25 bits per heavy atom. The van der Waals surface area contributed by atoms with E-state index in [0.29, 0.717) is 11.3 Å². The number of ether oxygens (including phenoxy) is 1. The van der Waals surface area contributed by atoms with Crippen LogP contribution in [0.3, 0.4) is 0 Å². The van der Waals surface area contributed by atoms with Gasteiger partial charge in [-0.3, -0.25) is 4.79 Å². The fourth-order valence-electron chi connectivity index (χ4n) is 2.46. The lowest BCUT2D eigenvalue weighted by Gasteiger charge is -2.25. The van der Waals surface area contributed by atoms with E-state index in [9.17, 15) is 9.59 Å². The van der Waals surface area contributed by atoms with Crippen molar-refractivity contribution >= 4 is 17.6 Å². The molecule has 4 heteroatoms. The summed E-state index contributed by atoms with van der Waals surface area (Å²) in [6, 6.07) is 7.01. The molecule has 1 aliphatic rings. The molecule has 0 aliphatic heterocycles. The van der Waals surface area contributed by atoms with Crippen LogP contribution in [-0.2, 0) is 9.53 Å². The van der Waals surface area contributed by atoms with Gasteiger partial charge in [0.15, 0.2) is 0 Å². The molecule has 1 atom stereocenters. The Morgan fingerprint density at radius 2 is 2.00 bits per heavy atom. The predicted molar refractivity (Wildman–Crippen MR) is 77.7 cm³/mol. The van der Waals surface area contributed by atoms with Gasteiger partial charge in [0, 0.05) is 13.0 Å². The maximum Gasteiger partial charge on any atom is 0.339 e. The van der Waals surface area contributed by atoms with Gasteiger partial charge >= 0.3 is 5.97 Å². The number of para-hydroxylation sites is 1. The summed E-state index contributed by atoms with van der Waals surface area (Å²) < 4.78 is 4.76. The lowest BCUT2D eigenvalue weighted by atomic mass is 9.93. The zero-order valence-electron chi connectivity index (χ0n) is 11.8. The number of carbonyl (C=O) groups excluding carboxylic acids is 2. The first-order valence-corrected chi connectivity index (χ1v) is 6.75. The molecular weight excluding hydrogens is 254 g/mol. The minimum absolute atomic E-state index is 0.00398. The predicted octanol–water partition coefficient (Wildman–Crippen LogP) is 2.79. The van der Waals surface area contributed by atoms with Gasteiger partial charge in [0.05, 0.1) is 18.4 Å². The largest absolute Gasteiger partial charge is 0.465 e. The summed E-state index contributed by atoms with van der Waals surface area (Å²) in [5.74, 6) is -0.384. The third kappa shape index (κ3) is 2.90. The van der Waals surface area contributed by atoms with Crippen LogP contribution in [0.5, 0.6) is 0 Å². The van der Waals surface area contributed by atoms with Gasteiger partial charge in [0.1, 0.15) is 0 Å². The van der Waals surface area contributed by atoms with E-state index < -0.39 is 5.97 Å². The number of allylic oxidation sites excluding steroid dienone is 2. The Hall–Kier alpha value is -2.10. The SMILES string of the molecule is COC(=O)c1ccccc1N(C)C(=O)C1CC=CCC1. The molecular formula is C16H19NO3. The summed E-state index contributed by atoms with van der Waals surface area (Å²) in [6.07, 6.45) is 6.71. The Labute approximate surface area is 119 Å². The molecule has 0 saturated carbocycles. The van der Waals surface area contributed by atoms with Gasteiger partial charge < -0.3 is 9.64 Å². The molecule has 4 nitrogen and oxygen atoms in total. The molecule has 2 rings (SSSR count). The third-order valence-electron chi connectivity index (χ3n) is 3.62. The monoisotopic (exact) mass is 273 g/mol. The van der Waals surface area contributed by atoms with E-state index in [1.807, 2.05) is 12.1 Å². The topological polar surface area (TPSA) is 46.6 Å². The standard InChI is InChI=1S/C16H19NO3/c1-17(15(18)12-8-4-3-5-9-12)14-11-7-6-10-13(14)16(19)20-2/h3-4,6-7,10-12H,5,8-9H2,1-2H3. The van der Waals surface area contributed by atoms with Crippen molar-refractivity contribution in [3.05, 3.63) is 42.0 Å². The van der Waals surface area contributed by atoms with Gasteiger partial charge in [-0.05, 0) is 31.4 Å². The first kappa shape index (κ1) is 14.3. The smallest absolute Gasteiger partial charge is 0.339 e. The van der Waals surface area contributed by atoms with Crippen LogP contribution < -0.4 is 4.90 Å². The molecule has 1 aromatic rings. The normalized spacial score (nSPS) is 17.6. The molecule has 1 aliphatic carbocycles. The van der Waals surface area contributed by atoms with E-state index in [0.717, 1.165) is 19.3 Å². The number of anilines is 1. The molecule has 0 radical (unpaired) electrons. The van der Waals surface area contributed by atoms with Crippen molar-refractivity contribution in [3.63, 3.8) is 0 Å². The maximum absolute atomic E-state index is 12.5. The summed E-state index contributed by atoms with van der Waals surface area (Å²) in [5, 5.41) is 0. The van der Waals surface area contributed by atoms with Crippen LogP contribution >= 0.6 is 0 Å². The highest BCUT2D eigenvalue weighted by Gasteiger charge is 2.25. The molecule has 0 saturated heterocycles. The number of esters is 1. The molecule has 0 spiro atoms. The Balaban J connectivity index is 2.24. The summed E-state index contributed by atoms with van der Waals surface area (Å²) in [6.45, 7) is 0. The molecule has 0 heterocycles. The Bertz CT molecular complexity index is 536. The van der Waals surface area contributed by atoms with Crippen molar-refractivity contribution in [1.82, 2.24) is 0 Å². The maximum atomic E-state index is 12.5. The number of hydrogen-bond acceptors (Lipinski definition) is 3. The van der Waals surface area contributed by atoms with E-state index >= 15 is 0 Å². The average Bonchev–Trinajstić information content (AvgIpc) is 2.53.